The molecule has 138 valence electrons. The molecule has 0 bridgehead atoms. The molecule has 2 atom stereocenters. The molecule has 24 heavy (non-hydrogen) atoms. The standard InChI is InChI=1S/C17H29NO5S/c1-12(2)15(24(22,23)14-8-4-3-5-9-14)16(19)18-10-6-7-13(11-18)17(20)21/h12-15H,3-11H2,1-2H3,(H,20,21)/t13-,15-/m1/s1. The van der Waals surface area contributed by atoms with Crippen molar-refractivity contribution < 1.29 is 23.1 Å². The number of amides is 1. The van der Waals surface area contributed by atoms with Gasteiger partial charge in [0.15, 0.2) is 9.84 Å². The Kier molecular flexibility index (Phi) is 6.28. The minimum absolute atomic E-state index is 0.123. The Morgan fingerprint density at radius 3 is 2.21 bits per heavy atom. The monoisotopic (exact) mass is 359 g/mol. The van der Waals surface area contributed by atoms with Crippen LogP contribution in [-0.2, 0) is 19.4 Å². The predicted molar refractivity (Wildman–Crippen MR) is 91.4 cm³/mol. The van der Waals surface area contributed by atoms with Gasteiger partial charge >= 0.3 is 5.97 Å². The third kappa shape index (κ3) is 4.10. The zero-order valence-electron chi connectivity index (χ0n) is 14.6. The summed E-state index contributed by atoms with van der Waals surface area (Å²) in [6.45, 7) is 4.10. The van der Waals surface area contributed by atoms with Gasteiger partial charge in [-0.2, -0.15) is 0 Å². The Morgan fingerprint density at radius 1 is 1.04 bits per heavy atom. The highest BCUT2D eigenvalue weighted by Crippen LogP contribution is 2.30. The first-order valence-electron chi connectivity index (χ1n) is 8.99. The molecule has 1 amide bonds. The van der Waals surface area contributed by atoms with E-state index in [1.165, 1.54) is 4.90 Å². The molecular weight excluding hydrogens is 330 g/mol. The number of rotatable bonds is 5. The molecule has 0 aromatic heterocycles. The van der Waals surface area contributed by atoms with Crippen LogP contribution in [0.25, 0.3) is 0 Å². The van der Waals surface area contributed by atoms with Gasteiger partial charge in [0.25, 0.3) is 0 Å². The van der Waals surface area contributed by atoms with Crippen LogP contribution in [0.2, 0.25) is 0 Å². The van der Waals surface area contributed by atoms with E-state index in [1.54, 1.807) is 13.8 Å². The second-order valence-corrected chi connectivity index (χ2v) is 9.83. The van der Waals surface area contributed by atoms with E-state index in [0.29, 0.717) is 32.2 Å². The number of carboxylic acids is 1. The molecule has 2 rings (SSSR count). The quantitative estimate of drug-likeness (QED) is 0.811. The molecular formula is C17H29NO5S. The third-order valence-electron chi connectivity index (χ3n) is 5.30. The van der Waals surface area contributed by atoms with Gasteiger partial charge < -0.3 is 10.0 Å². The van der Waals surface area contributed by atoms with E-state index in [1.807, 2.05) is 0 Å². The minimum atomic E-state index is -3.55. The second-order valence-electron chi connectivity index (χ2n) is 7.48. The number of carbonyl (C=O) groups excluding carboxylic acids is 1. The van der Waals surface area contributed by atoms with E-state index in [-0.39, 0.29) is 12.5 Å². The second kappa shape index (κ2) is 7.85. The third-order valence-corrected chi connectivity index (χ3v) is 8.16. The normalized spacial score (nSPS) is 24.8. The summed E-state index contributed by atoms with van der Waals surface area (Å²) in [5.74, 6) is -2.22. The van der Waals surface area contributed by atoms with Crippen LogP contribution in [0.1, 0.15) is 58.8 Å². The summed E-state index contributed by atoms with van der Waals surface area (Å²) in [5, 5.41) is 7.72. The van der Waals surface area contributed by atoms with Crippen molar-refractivity contribution in [3.05, 3.63) is 0 Å². The lowest BCUT2D eigenvalue weighted by atomic mass is 9.97. The van der Waals surface area contributed by atoms with Crippen molar-refractivity contribution in [2.75, 3.05) is 13.1 Å². The largest absolute Gasteiger partial charge is 0.481 e. The Morgan fingerprint density at radius 2 is 1.67 bits per heavy atom. The van der Waals surface area contributed by atoms with Gasteiger partial charge in [0.05, 0.1) is 11.2 Å². The number of aliphatic carboxylic acids is 1. The maximum Gasteiger partial charge on any atom is 0.308 e. The molecule has 0 radical (unpaired) electrons. The van der Waals surface area contributed by atoms with Gasteiger partial charge in [-0.1, -0.05) is 33.1 Å². The van der Waals surface area contributed by atoms with Gasteiger partial charge in [-0.15, -0.1) is 0 Å². The summed E-state index contributed by atoms with van der Waals surface area (Å²) in [7, 11) is -3.55. The molecule has 1 saturated carbocycles. The molecule has 2 fully saturated rings. The van der Waals surface area contributed by atoms with Gasteiger partial charge in [-0.25, -0.2) is 8.42 Å². The van der Waals surface area contributed by atoms with Gasteiger partial charge in [0.1, 0.15) is 5.25 Å². The molecule has 0 aromatic carbocycles. The Balaban J connectivity index is 2.20. The van der Waals surface area contributed by atoms with Crippen molar-refractivity contribution >= 4 is 21.7 Å². The topological polar surface area (TPSA) is 91.8 Å². The van der Waals surface area contributed by atoms with E-state index in [4.69, 9.17) is 0 Å². The molecule has 0 unspecified atom stereocenters. The summed E-state index contributed by atoms with van der Waals surface area (Å²) < 4.78 is 26.1. The Labute approximate surface area is 144 Å². The van der Waals surface area contributed by atoms with E-state index in [2.05, 4.69) is 0 Å². The first kappa shape index (κ1) is 19.2. The molecule has 1 aliphatic carbocycles. The summed E-state index contributed by atoms with van der Waals surface area (Å²) in [4.78, 5) is 25.6. The number of carbonyl (C=O) groups is 2. The molecule has 6 nitrogen and oxygen atoms in total. The summed E-state index contributed by atoms with van der Waals surface area (Å²) in [6, 6.07) is 0. The van der Waals surface area contributed by atoms with E-state index >= 15 is 0 Å². The molecule has 1 aliphatic heterocycles. The maximum absolute atomic E-state index is 13.1. The van der Waals surface area contributed by atoms with Gasteiger partial charge in [-0.05, 0) is 31.6 Å². The first-order valence-corrected chi connectivity index (χ1v) is 10.6. The van der Waals surface area contributed by atoms with Crippen molar-refractivity contribution in [2.45, 2.75) is 69.3 Å². The molecule has 1 saturated heterocycles. The van der Waals surface area contributed by atoms with Crippen molar-refractivity contribution in [2.24, 2.45) is 11.8 Å². The SMILES string of the molecule is CC(C)[C@H](C(=O)N1CCC[C@@H](C(=O)O)C1)S(=O)(=O)C1CCCCC1. The Hall–Kier alpha value is -1.11. The molecule has 0 spiro atoms. The van der Waals surface area contributed by atoms with Crippen LogP contribution in [0.3, 0.4) is 0 Å². The lowest BCUT2D eigenvalue weighted by molar-refractivity contribution is -0.145. The fraction of sp³-hybridized carbons (Fsp3) is 0.882. The molecule has 0 aromatic rings. The van der Waals surface area contributed by atoms with Crippen LogP contribution in [0.15, 0.2) is 0 Å². The highest BCUT2D eigenvalue weighted by molar-refractivity contribution is 7.93. The number of nitrogens with zero attached hydrogens (tertiary/aromatic N) is 1. The van der Waals surface area contributed by atoms with Crippen LogP contribution in [0.4, 0.5) is 0 Å². The number of sulfone groups is 1. The zero-order chi connectivity index (χ0) is 17.9. The lowest BCUT2D eigenvalue weighted by Gasteiger charge is -2.36. The van der Waals surface area contributed by atoms with Crippen LogP contribution in [0.5, 0.6) is 0 Å². The Bertz CT molecular complexity index is 566. The predicted octanol–water partition coefficient (Wildman–Crippen LogP) is 2.08. The van der Waals surface area contributed by atoms with Crippen LogP contribution >= 0.6 is 0 Å². The van der Waals surface area contributed by atoms with Crippen molar-refractivity contribution in [1.29, 1.82) is 0 Å². The molecule has 1 heterocycles. The fourth-order valence-corrected chi connectivity index (χ4v) is 6.56. The average molecular weight is 359 g/mol. The zero-order valence-corrected chi connectivity index (χ0v) is 15.4. The number of hydrogen-bond donors (Lipinski definition) is 1. The van der Waals surface area contributed by atoms with Crippen LogP contribution < -0.4 is 0 Å². The maximum atomic E-state index is 13.1. The average Bonchev–Trinajstić information content (AvgIpc) is 2.55. The smallest absolute Gasteiger partial charge is 0.308 e. The van der Waals surface area contributed by atoms with Crippen molar-refractivity contribution in [3.63, 3.8) is 0 Å². The highest BCUT2D eigenvalue weighted by Gasteiger charge is 2.44. The number of likely N-dealkylation sites (tertiary alicyclic amines) is 1. The lowest BCUT2D eigenvalue weighted by Crippen LogP contribution is -2.52. The molecule has 1 N–H and O–H groups in total. The van der Waals surface area contributed by atoms with Crippen molar-refractivity contribution in [3.8, 4) is 0 Å². The number of piperidine rings is 1. The van der Waals surface area contributed by atoms with E-state index in [9.17, 15) is 23.1 Å². The van der Waals surface area contributed by atoms with Crippen LogP contribution in [0, 0.1) is 11.8 Å². The van der Waals surface area contributed by atoms with E-state index in [0.717, 1.165) is 19.3 Å². The number of hydrogen-bond acceptors (Lipinski definition) is 4. The van der Waals surface area contributed by atoms with E-state index < -0.39 is 38.1 Å². The summed E-state index contributed by atoms with van der Waals surface area (Å²) in [6.07, 6.45) is 5.27. The van der Waals surface area contributed by atoms with Gasteiger partial charge in [0.2, 0.25) is 5.91 Å². The minimum Gasteiger partial charge on any atom is -0.481 e. The number of carboxylic acid groups (broad SMARTS) is 1. The molecule has 7 heteroatoms. The molecule has 2 aliphatic rings. The first-order chi connectivity index (χ1) is 11.2. The summed E-state index contributed by atoms with van der Waals surface area (Å²) >= 11 is 0. The summed E-state index contributed by atoms with van der Waals surface area (Å²) in [5.41, 5.74) is 0. The van der Waals surface area contributed by atoms with Crippen LogP contribution in [-0.4, -0.2) is 53.9 Å². The fourth-order valence-electron chi connectivity index (χ4n) is 3.96. The van der Waals surface area contributed by atoms with Gasteiger partial charge in [-0.3, -0.25) is 9.59 Å². The van der Waals surface area contributed by atoms with Gasteiger partial charge in [0, 0.05) is 13.1 Å². The highest BCUT2D eigenvalue weighted by atomic mass is 32.2. The van der Waals surface area contributed by atoms with Crippen molar-refractivity contribution in [1.82, 2.24) is 4.90 Å².